The highest BCUT2D eigenvalue weighted by Gasteiger charge is 2.06. The zero-order valence-electron chi connectivity index (χ0n) is 11.9. The molecule has 0 aliphatic heterocycles. The summed E-state index contributed by atoms with van der Waals surface area (Å²) < 4.78 is 27.4. The van der Waals surface area contributed by atoms with Crippen LogP contribution in [0, 0.1) is 0 Å². The largest absolute Gasteiger partial charge is 0.507 e. The molecular weight excluding hydrogens is 304 g/mol. The van der Waals surface area contributed by atoms with Crippen molar-refractivity contribution in [1.82, 2.24) is 0 Å². The molecule has 2 aromatic rings. The van der Waals surface area contributed by atoms with Crippen LogP contribution in [0.3, 0.4) is 0 Å². The average molecular weight is 320 g/mol. The van der Waals surface area contributed by atoms with Crippen molar-refractivity contribution in [3.8, 4) is 11.5 Å². The van der Waals surface area contributed by atoms with Crippen molar-refractivity contribution in [1.29, 1.82) is 0 Å². The van der Waals surface area contributed by atoms with Crippen molar-refractivity contribution in [3.05, 3.63) is 53.6 Å². The molecule has 0 aromatic heterocycles. The Labute approximate surface area is 128 Å². The van der Waals surface area contributed by atoms with E-state index < -0.39 is 10.0 Å². The van der Waals surface area contributed by atoms with Crippen molar-refractivity contribution in [2.75, 3.05) is 7.11 Å². The molecule has 0 aliphatic rings. The SMILES string of the molecule is COc1ccc(O)c(C=NCc2ccc(S(N)(=O)=O)cc2)c1. The lowest BCUT2D eigenvalue weighted by molar-refractivity contribution is 0.412. The Hall–Kier alpha value is -2.38. The van der Waals surface area contributed by atoms with Crippen LogP contribution in [0.25, 0.3) is 0 Å². The maximum absolute atomic E-state index is 11.1. The van der Waals surface area contributed by atoms with E-state index in [1.54, 1.807) is 31.4 Å². The van der Waals surface area contributed by atoms with Crippen LogP contribution in [0.5, 0.6) is 11.5 Å². The highest BCUT2D eigenvalue weighted by molar-refractivity contribution is 7.89. The van der Waals surface area contributed by atoms with Crippen LogP contribution < -0.4 is 9.88 Å². The number of methoxy groups -OCH3 is 1. The van der Waals surface area contributed by atoms with E-state index in [0.717, 1.165) is 5.56 Å². The van der Waals surface area contributed by atoms with Crippen molar-refractivity contribution in [3.63, 3.8) is 0 Å². The van der Waals surface area contributed by atoms with Crippen LogP contribution in [-0.2, 0) is 16.6 Å². The molecule has 0 aliphatic carbocycles. The first-order valence-corrected chi connectivity index (χ1v) is 7.93. The second kappa shape index (κ2) is 6.59. The van der Waals surface area contributed by atoms with E-state index in [1.165, 1.54) is 24.4 Å². The predicted octanol–water partition coefficient (Wildman–Crippen LogP) is 1.67. The number of primary sulfonamides is 1. The van der Waals surface area contributed by atoms with E-state index in [1.807, 2.05) is 0 Å². The van der Waals surface area contributed by atoms with Gasteiger partial charge in [-0.1, -0.05) is 12.1 Å². The van der Waals surface area contributed by atoms with Crippen LogP contribution in [-0.4, -0.2) is 26.8 Å². The smallest absolute Gasteiger partial charge is 0.238 e. The third-order valence-corrected chi connectivity index (χ3v) is 3.92. The molecule has 0 spiro atoms. The first kappa shape index (κ1) is 16.0. The third-order valence-electron chi connectivity index (χ3n) is 2.99. The summed E-state index contributed by atoms with van der Waals surface area (Å²) in [6.45, 7) is 0.349. The van der Waals surface area contributed by atoms with E-state index in [4.69, 9.17) is 9.88 Å². The van der Waals surface area contributed by atoms with Gasteiger partial charge in [0.1, 0.15) is 11.5 Å². The van der Waals surface area contributed by atoms with Gasteiger partial charge in [-0.25, -0.2) is 13.6 Å². The summed E-state index contributed by atoms with van der Waals surface area (Å²) in [5.74, 6) is 0.728. The number of hydrogen-bond acceptors (Lipinski definition) is 5. The van der Waals surface area contributed by atoms with Crippen LogP contribution in [0.2, 0.25) is 0 Å². The number of phenolic OH excluding ortho intramolecular Hbond substituents is 1. The van der Waals surface area contributed by atoms with E-state index in [0.29, 0.717) is 17.9 Å². The standard InChI is InChI=1S/C15H16N2O4S/c1-21-13-4-7-15(18)12(8-13)10-17-9-11-2-5-14(6-3-11)22(16,19)20/h2-8,10,18H,9H2,1H3,(H2,16,19,20). The molecule has 7 heteroatoms. The van der Waals surface area contributed by atoms with Crippen LogP contribution in [0.4, 0.5) is 0 Å². The maximum Gasteiger partial charge on any atom is 0.238 e. The van der Waals surface area contributed by atoms with Gasteiger partial charge in [-0.05, 0) is 35.9 Å². The van der Waals surface area contributed by atoms with E-state index in [-0.39, 0.29) is 10.6 Å². The minimum absolute atomic E-state index is 0.0608. The summed E-state index contributed by atoms with van der Waals surface area (Å²) in [4.78, 5) is 4.28. The first-order chi connectivity index (χ1) is 10.4. The minimum Gasteiger partial charge on any atom is -0.507 e. The fourth-order valence-electron chi connectivity index (χ4n) is 1.80. The minimum atomic E-state index is -3.68. The van der Waals surface area contributed by atoms with Gasteiger partial charge in [0.15, 0.2) is 0 Å². The van der Waals surface area contributed by atoms with Gasteiger partial charge >= 0.3 is 0 Å². The molecule has 22 heavy (non-hydrogen) atoms. The number of benzene rings is 2. The van der Waals surface area contributed by atoms with Gasteiger partial charge in [0, 0.05) is 11.8 Å². The fraction of sp³-hybridized carbons (Fsp3) is 0.133. The lowest BCUT2D eigenvalue weighted by atomic mass is 10.2. The Morgan fingerprint density at radius 3 is 2.50 bits per heavy atom. The van der Waals surface area contributed by atoms with Gasteiger partial charge in [0.2, 0.25) is 10.0 Å². The monoisotopic (exact) mass is 320 g/mol. The summed E-state index contributed by atoms with van der Waals surface area (Å²) in [6, 6.07) is 11.0. The summed E-state index contributed by atoms with van der Waals surface area (Å²) in [7, 11) is -2.14. The molecule has 0 unspecified atom stereocenters. The van der Waals surface area contributed by atoms with Crippen molar-refractivity contribution >= 4 is 16.2 Å². The van der Waals surface area contributed by atoms with Gasteiger partial charge in [0.25, 0.3) is 0 Å². The quantitative estimate of drug-likeness (QED) is 0.818. The second-order valence-corrected chi connectivity index (χ2v) is 6.14. The van der Waals surface area contributed by atoms with Gasteiger partial charge in [-0.2, -0.15) is 0 Å². The van der Waals surface area contributed by atoms with E-state index in [2.05, 4.69) is 4.99 Å². The second-order valence-electron chi connectivity index (χ2n) is 4.58. The average Bonchev–Trinajstić information content (AvgIpc) is 2.49. The Kier molecular flexibility index (Phi) is 4.79. The molecule has 0 fully saturated rings. The predicted molar refractivity (Wildman–Crippen MR) is 83.8 cm³/mol. The molecule has 3 N–H and O–H groups in total. The molecule has 0 saturated carbocycles. The van der Waals surface area contributed by atoms with Crippen molar-refractivity contribution < 1.29 is 18.3 Å². The highest BCUT2D eigenvalue weighted by Crippen LogP contribution is 2.21. The van der Waals surface area contributed by atoms with E-state index >= 15 is 0 Å². The van der Waals surface area contributed by atoms with E-state index in [9.17, 15) is 13.5 Å². The molecule has 0 saturated heterocycles. The number of nitrogens with zero attached hydrogens (tertiary/aromatic N) is 1. The highest BCUT2D eigenvalue weighted by atomic mass is 32.2. The van der Waals surface area contributed by atoms with Crippen molar-refractivity contribution in [2.45, 2.75) is 11.4 Å². The van der Waals surface area contributed by atoms with Crippen LogP contribution in [0.1, 0.15) is 11.1 Å². The Morgan fingerprint density at radius 2 is 1.91 bits per heavy atom. The molecule has 6 nitrogen and oxygen atoms in total. The number of hydrogen-bond donors (Lipinski definition) is 2. The molecular formula is C15H16N2O4S. The maximum atomic E-state index is 11.1. The number of aromatic hydroxyl groups is 1. The third kappa shape index (κ3) is 4.06. The molecule has 0 atom stereocenters. The summed E-state index contributed by atoms with van der Waals surface area (Å²) in [6.07, 6.45) is 1.53. The normalized spacial score (nSPS) is 11.7. The summed E-state index contributed by atoms with van der Waals surface area (Å²) in [5, 5.41) is 14.8. The lowest BCUT2D eigenvalue weighted by Gasteiger charge is -2.03. The Morgan fingerprint density at radius 1 is 1.23 bits per heavy atom. The molecule has 0 amide bonds. The zero-order chi connectivity index (χ0) is 16.2. The Bertz CT molecular complexity index is 784. The number of ether oxygens (including phenoxy) is 1. The summed E-state index contributed by atoms with van der Waals surface area (Å²) >= 11 is 0. The van der Waals surface area contributed by atoms with Crippen molar-refractivity contribution in [2.24, 2.45) is 10.1 Å². The van der Waals surface area contributed by atoms with Crippen LogP contribution in [0.15, 0.2) is 52.4 Å². The van der Waals surface area contributed by atoms with Gasteiger partial charge in [0.05, 0.1) is 18.6 Å². The fourth-order valence-corrected chi connectivity index (χ4v) is 2.31. The van der Waals surface area contributed by atoms with Gasteiger partial charge in [-0.3, -0.25) is 4.99 Å². The Balaban J connectivity index is 2.10. The number of phenols is 1. The molecule has 2 rings (SSSR count). The molecule has 0 bridgehead atoms. The molecule has 116 valence electrons. The number of aliphatic imine (C=N–C) groups is 1. The van der Waals surface area contributed by atoms with Crippen LogP contribution >= 0.6 is 0 Å². The lowest BCUT2D eigenvalue weighted by Crippen LogP contribution is -2.11. The zero-order valence-corrected chi connectivity index (χ0v) is 12.7. The number of sulfonamides is 1. The van der Waals surface area contributed by atoms with Gasteiger partial charge in [-0.15, -0.1) is 0 Å². The van der Waals surface area contributed by atoms with Gasteiger partial charge < -0.3 is 9.84 Å². The first-order valence-electron chi connectivity index (χ1n) is 6.39. The molecule has 0 heterocycles. The topological polar surface area (TPSA) is 102 Å². The molecule has 0 radical (unpaired) electrons. The molecule has 2 aromatic carbocycles. The number of rotatable bonds is 5. The summed E-state index contributed by atoms with van der Waals surface area (Å²) in [5.41, 5.74) is 1.37. The number of nitrogens with two attached hydrogens (primary N) is 1.